The first-order chi connectivity index (χ1) is 11.6. The van der Waals surface area contributed by atoms with Crippen LogP contribution in [0.5, 0.6) is 0 Å². The van der Waals surface area contributed by atoms with E-state index in [4.69, 9.17) is 0 Å². The molecule has 0 fully saturated rings. The fourth-order valence-corrected chi connectivity index (χ4v) is 2.49. The molecule has 0 aliphatic heterocycles. The van der Waals surface area contributed by atoms with Crippen LogP contribution in [0.2, 0.25) is 0 Å². The number of halogens is 2. The van der Waals surface area contributed by atoms with E-state index in [2.05, 4.69) is 36.5 Å². The molecule has 1 heterocycles. The van der Waals surface area contributed by atoms with Crippen LogP contribution in [-0.4, -0.2) is 9.97 Å². The third-order valence-electron chi connectivity index (χ3n) is 3.46. The number of nitrogens with one attached hydrogen (secondary N) is 2. The van der Waals surface area contributed by atoms with Gasteiger partial charge in [-0.15, -0.1) is 0 Å². The van der Waals surface area contributed by atoms with Gasteiger partial charge in [0.15, 0.2) is 0 Å². The zero-order valence-corrected chi connectivity index (χ0v) is 14.6. The van der Waals surface area contributed by atoms with Crippen molar-refractivity contribution >= 4 is 33.4 Å². The molecule has 0 amide bonds. The van der Waals surface area contributed by atoms with Crippen molar-refractivity contribution in [1.82, 2.24) is 9.97 Å². The summed E-state index contributed by atoms with van der Waals surface area (Å²) in [6.45, 7) is 2.57. The van der Waals surface area contributed by atoms with E-state index in [1.54, 1.807) is 24.4 Å². The summed E-state index contributed by atoms with van der Waals surface area (Å²) in [6.07, 6.45) is 1.69. The molecule has 6 heteroatoms. The van der Waals surface area contributed by atoms with Crippen molar-refractivity contribution in [1.29, 1.82) is 0 Å². The largest absolute Gasteiger partial charge is 0.350 e. The van der Waals surface area contributed by atoms with E-state index in [9.17, 15) is 4.39 Å². The van der Waals surface area contributed by atoms with Crippen LogP contribution in [0.3, 0.4) is 0 Å². The summed E-state index contributed by atoms with van der Waals surface area (Å²) in [5, 5.41) is 6.38. The summed E-state index contributed by atoms with van der Waals surface area (Å²) >= 11 is 3.52. The molecular formula is C18H16BrFN4. The van der Waals surface area contributed by atoms with Gasteiger partial charge in [-0.1, -0.05) is 34.1 Å². The Bertz CT molecular complexity index is 837. The van der Waals surface area contributed by atoms with Crippen LogP contribution in [0.15, 0.2) is 59.2 Å². The minimum Gasteiger partial charge on any atom is -0.350 e. The summed E-state index contributed by atoms with van der Waals surface area (Å²) in [6, 6.07) is 14.2. The monoisotopic (exact) mass is 386 g/mol. The topological polar surface area (TPSA) is 49.8 Å². The van der Waals surface area contributed by atoms with Crippen LogP contribution in [0.4, 0.5) is 21.8 Å². The van der Waals surface area contributed by atoms with Crippen LogP contribution in [0.25, 0.3) is 0 Å². The number of rotatable bonds is 5. The Kier molecular flexibility index (Phi) is 5.05. The predicted octanol–water partition coefficient (Wildman–Crippen LogP) is 5.04. The maximum atomic E-state index is 12.9. The summed E-state index contributed by atoms with van der Waals surface area (Å²) in [4.78, 5) is 8.63. The molecular weight excluding hydrogens is 371 g/mol. The molecule has 0 unspecified atom stereocenters. The van der Waals surface area contributed by atoms with Crippen molar-refractivity contribution in [2.75, 3.05) is 10.6 Å². The van der Waals surface area contributed by atoms with Gasteiger partial charge in [0.05, 0.1) is 0 Å². The molecule has 0 spiro atoms. The maximum absolute atomic E-state index is 12.9. The summed E-state index contributed by atoms with van der Waals surface area (Å²) in [5.74, 6) is 0.961. The highest BCUT2D eigenvalue weighted by atomic mass is 79.9. The molecule has 0 aliphatic carbocycles. The van der Waals surface area contributed by atoms with E-state index in [-0.39, 0.29) is 5.82 Å². The fourth-order valence-electron chi connectivity index (χ4n) is 2.12. The molecule has 2 N–H and O–H groups in total. The first-order valence-corrected chi connectivity index (χ1v) is 8.24. The van der Waals surface area contributed by atoms with Gasteiger partial charge in [0.2, 0.25) is 5.95 Å². The number of hydrogen-bond donors (Lipinski definition) is 2. The van der Waals surface area contributed by atoms with Gasteiger partial charge in [-0.2, -0.15) is 4.98 Å². The molecule has 0 saturated carbocycles. The normalized spacial score (nSPS) is 10.5. The van der Waals surface area contributed by atoms with Crippen molar-refractivity contribution in [3.63, 3.8) is 0 Å². The van der Waals surface area contributed by atoms with E-state index in [1.807, 2.05) is 25.1 Å². The lowest BCUT2D eigenvalue weighted by molar-refractivity contribution is 0.627. The molecule has 0 aliphatic rings. The van der Waals surface area contributed by atoms with Gasteiger partial charge in [-0.3, -0.25) is 0 Å². The molecule has 2 aromatic carbocycles. The van der Waals surface area contributed by atoms with Gasteiger partial charge < -0.3 is 10.6 Å². The fraction of sp³-hybridized carbons (Fsp3) is 0.111. The molecule has 0 radical (unpaired) electrons. The van der Waals surface area contributed by atoms with Crippen LogP contribution in [0, 0.1) is 12.7 Å². The van der Waals surface area contributed by atoms with E-state index < -0.39 is 0 Å². The lowest BCUT2D eigenvalue weighted by Gasteiger charge is -2.09. The summed E-state index contributed by atoms with van der Waals surface area (Å²) in [7, 11) is 0. The molecule has 4 nitrogen and oxygen atoms in total. The Morgan fingerprint density at radius 3 is 2.62 bits per heavy atom. The number of aryl methyl sites for hydroxylation is 1. The SMILES string of the molecule is Cc1ccc(Nc2ccnc(NCc3ccc(F)cc3)n2)cc1Br. The van der Waals surface area contributed by atoms with Crippen LogP contribution >= 0.6 is 15.9 Å². The van der Waals surface area contributed by atoms with Gasteiger partial charge in [0.25, 0.3) is 0 Å². The Morgan fingerprint density at radius 1 is 1.08 bits per heavy atom. The van der Waals surface area contributed by atoms with Gasteiger partial charge in [0.1, 0.15) is 11.6 Å². The number of aromatic nitrogens is 2. The van der Waals surface area contributed by atoms with E-state index >= 15 is 0 Å². The zero-order valence-electron chi connectivity index (χ0n) is 13.1. The first kappa shape index (κ1) is 16.4. The third-order valence-corrected chi connectivity index (χ3v) is 4.32. The van der Waals surface area contributed by atoms with Crippen molar-refractivity contribution in [2.24, 2.45) is 0 Å². The number of hydrogen-bond acceptors (Lipinski definition) is 4. The molecule has 122 valence electrons. The van der Waals surface area contributed by atoms with Crippen molar-refractivity contribution in [3.8, 4) is 0 Å². The van der Waals surface area contributed by atoms with Crippen LogP contribution in [-0.2, 0) is 6.54 Å². The molecule has 24 heavy (non-hydrogen) atoms. The van der Waals surface area contributed by atoms with E-state index in [0.717, 1.165) is 15.7 Å². The molecule has 3 rings (SSSR count). The van der Waals surface area contributed by atoms with Crippen molar-refractivity contribution < 1.29 is 4.39 Å². The molecule has 0 atom stereocenters. The summed E-state index contributed by atoms with van der Waals surface area (Å²) in [5.41, 5.74) is 3.07. The number of nitrogens with zero attached hydrogens (tertiary/aromatic N) is 2. The lowest BCUT2D eigenvalue weighted by Crippen LogP contribution is -2.05. The zero-order chi connectivity index (χ0) is 16.9. The predicted molar refractivity (Wildman–Crippen MR) is 97.9 cm³/mol. The van der Waals surface area contributed by atoms with Crippen LogP contribution in [0.1, 0.15) is 11.1 Å². The lowest BCUT2D eigenvalue weighted by atomic mass is 10.2. The Balaban J connectivity index is 1.67. The third kappa shape index (κ3) is 4.29. The highest BCUT2D eigenvalue weighted by Crippen LogP contribution is 2.23. The average molecular weight is 387 g/mol. The van der Waals surface area contributed by atoms with Gasteiger partial charge in [0, 0.05) is 22.9 Å². The molecule has 0 saturated heterocycles. The second-order valence-corrected chi connectivity index (χ2v) is 6.19. The molecule has 1 aromatic heterocycles. The van der Waals surface area contributed by atoms with Crippen molar-refractivity contribution in [2.45, 2.75) is 13.5 Å². The first-order valence-electron chi connectivity index (χ1n) is 7.45. The van der Waals surface area contributed by atoms with E-state index in [1.165, 1.54) is 17.7 Å². The van der Waals surface area contributed by atoms with Crippen molar-refractivity contribution in [3.05, 3.63) is 76.1 Å². The summed E-state index contributed by atoms with van der Waals surface area (Å²) < 4.78 is 13.9. The van der Waals surface area contributed by atoms with Gasteiger partial charge in [-0.05, 0) is 48.4 Å². The minimum atomic E-state index is -0.245. The minimum absolute atomic E-state index is 0.245. The van der Waals surface area contributed by atoms with Gasteiger partial charge in [-0.25, -0.2) is 9.37 Å². The standard InChI is InChI=1S/C18H16BrFN4/c1-12-2-7-15(10-16(12)19)23-17-8-9-21-18(24-17)22-11-13-3-5-14(20)6-4-13/h2-10H,11H2,1H3,(H2,21,22,23,24). The number of anilines is 3. The second kappa shape index (κ2) is 7.40. The Hall–Kier alpha value is -2.47. The quantitative estimate of drug-likeness (QED) is 0.644. The van der Waals surface area contributed by atoms with Gasteiger partial charge >= 0.3 is 0 Å². The van der Waals surface area contributed by atoms with E-state index in [0.29, 0.717) is 18.3 Å². The molecule has 0 bridgehead atoms. The average Bonchev–Trinajstić information content (AvgIpc) is 2.58. The number of benzene rings is 2. The smallest absolute Gasteiger partial charge is 0.224 e. The Morgan fingerprint density at radius 2 is 1.88 bits per heavy atom. The Labute approximate surface area is 148 Å². The second-order valence-electron chi connectivity index (χ2n) is 5.33. The maximum Gasteiger partial charge on any atom is 0.224 e. The van der Waals surface area contributed by atoms with Crippen LogP contribution < -0.4 is 10.6 Å². The highest BCUT2D eigenvalue weighted by Gasteiger charge is 2.02. The highest BCUT2D eigenvalue weighted by molar-refractivity contribution is 9.10. The molecule has 3 aromatic rings.